The standard InChI is InChI=1S/C19H28N2O2/c1-14-6-7-16(12-15(14)2)18(23)21-10-8-20(9-11-21)17(22)13-19(3,4)5/h6-7,12H,8-11,13H2,1-5H3. The summed E-state index contributed by atoms with van der Waals surface area (Å²) in [5.74, 6) is 0.256. The highest BCUT2D eigenvalue weighted by molar-refractivity contribution is 5.94. The van der Waals surface area contributed by atoms with E-state index in [1.54, 1.807) is 0 Å². The van der Waals surface area contributed by atoms with Gasteiger partial charge in [0.15, 0.2) is 0 Å². The zero-order chi connectivity index (χ0) is 17.2. The van der Waals surface area contributed by atoms with Gasteiger partial charge in [-0.15, -0.1) is 0 Å². The number of rotatable bonds is 2. The van der Waals surface area contributed by atoms with E-state index in [1.807, 2.05) is 41.8 Å². The summed E-state index contributed by atoms with van der Waals surface area (Å²) >= 11 is 0. The lowest BCUT2D eigenvalue weighted by Gasteiger charge is -2.36. The first-order valence-corrected chi connectivity index (χ1v) is 8.32. The van der Waals surface area contributed by atoms with Gasteiger partial charge in [-0.2, -0.15) is 0 Å². The SMILES string of the molecule is Cc1ccc(C(=O)N2CCN(C(=O)CC(C)(C)C)CC2)cc1C. The Labute approximate surface area is 139 Å². The number of hydrogen-bond donors (Lipinski definition) is 0. The fourth-order valence-corrected chi connectivity index (χ4v) is 2.78. The molecule has 0 radical (unpaired) electrons. The molecule has 1 fully saturated rings. The van der Waals surface area contributed by atoms with Crippen molar-refractivity contribution in [2.45, 2.75) is 41.0 Å². The molecule has 1 aromatic carbocycles. The Hall–Kier alpha value is -1.84. The van der Waals surface area contributed by atoms with Crippen molar-refractivity contribution in [3.05, 3.63) is 34.9 Å². The van der Waals surface area contributed by atoms with E-state index in [-0.39, 0.29) is 17.2 Å². The van der Waals surface area contributed by atoms with Crippen LogP contribution < -0.4 is 0 Å². The van der Waals surface area contributed by atoms with Crippen LogP contribution in [0.4, 0.5) is 0 Å². The minimum Gasteiger partial charge on any atom is -0.339 e. The molecular formula is C19H28N2O2. The molecule has 1 aliphatic heterocycles. The van der Waals surface area contributed by atoms with Crippen LogP contribution in [-0.2, 0) is 4.79 Å². The second-order valence-corrected chi connectivity index (χ2v) is 7.71. The summed E-state index contributed by atoms with van der Waals surface area (Å²) in [6.45, 7) is 12.8. The smallest absolute Gasteiger partial charge is 0.253 e. The molecule has 4 nitrogen and oxygen atoms in total. The molecule has 0 N–H and O–H groups in total. The number of carbonyl (C=O) groups is 2. The second kappa shape index (κ2) is 6.73. The molecule has 0 spiro atoms. The maximum Gasteiger partial charge on any atom is 0.253 e. The number of aryl methyl sites for hydroxylation is 2. The monoisotopic (exact) mass is 316 g/mol. The third-order valence-electron chi connectivity index (χ3n) is 4.36. The van der Waals surface area contributed by atoms with Gasteiger partial charge >= 0.3 is 0 Å². The van der Waals surface area contributed by atoms with Crippen molar-refractivity contribution in [3.8, 4) is 0 Å². The molecule has 1 aromatic rings. The third-order valence-corrected chi connectivity index (χ3v) is 4.36. The molecule has 2 amide bonds. The number of hydrogen-bond acceptors (Lipinski definition) is 2. The Kier molecular flexibility index (Phi) is 5.12. The van der Waals surface area contributed by atoms with Crippen molar-refractivity contribution in [1.29, 1.82) is 0 Å². The molecule has 0 bridgehead atoms. The summed E-state index contributed by atoms with van der Waals surface area (Å²) < 4.78 is 0. The quantitative estimate of drug-likeness (QED) is 0.841. The van der Waals surface area contributed by atoms with Crippen molar-refractivity contribution in [2.24, 2.45) is 5.41 Å². The van der Waals surface area contributed by atoms with Gasteiger partial charge < -0.3 is 9.80 Å². The van der Waals surface area contributed by atoms with Crippen molar-refractivity contribution >= 4 is 11.8 Å². The minimum absolute atomic E-state index is 0.00343. The average molecular weight is 316 g/mol. The molecular weight excluding hydrogens is 288 g/mol. The van der Waals surface area contributed by atoms with Crippen molar-refractivity contribution < 1.29 is 9.59 Å². The van der Waals surface area contributed by atoms with Crippen LogP contribution >= 0.6 is 0 Å². The maximum atomic E-state index is 12.6. The van der Waals surface area contributed by atoms with Gasteiger partial charge in [-0.05, 0) is 42.5 Å². The van der Waals surface area contributed by atoms with Gasteiger partial charge in [0.25, 0.3) is 5.91 Å². The Balaban J connectivity index is 1.94. The van der Waals surface area contributed by atoms with Crippen LogP contribution in [0, 0.1) is 19.3 Å². The van der Waals surface area contributed by atoms with E-state index in [2.05, 4.69) is 20.8 Å². The van der Waals surface area contributed by atoms with Crippen molar-refractivity contribution in [1.82, 2.24) is 9.80 Å². The summed E-state index contributed by atoms with van der Waals surface area (Å²) in [5, 5.41) is 0. The number of benzene rings is 1. The lowest BCUT2D eigenvalue weighted by Crippen LogP contribution is -2.51. The molecule has 23 heavy (non-hydrogen) atoms. The van der Waals surface area contributed by atoms with Crippen LogP contribution in [0.15, 0.2) is 18.2 Å². The Morgan fingerprint density at radius 2 is 1.52 bits per heavy atom. The van der Waals surface area contributed by atoms with Gasteiger partial charge in [-0.25, -0.2) is 0 Å². The number of piperazine rings is 1. The highest BCUT2D eigenvalue weighted by Gasteiger charge is 2.27. The first-order valence-electron chi connectivity index (χ1n) is 8.32. The van der Waals surface area contributed by atoms with E-state index in [0.29, 0.717) is 32.6 Å². The van der Waals surface area contributed by atoms with Gasteiger partial charge in [0.1, 0.15) is 0 Å². The summed E-state index contributed by atoms with van der Waals surface area (Å²) in [4.78, 5) is 28.6. The normalized spacial score (nSPS) is 15.7. The number of nitrogens with zero attached hydrogens (tertiary/aromatic N) is 2. The van der Waals surface area contributed by atoms with Crippen LogP contribution in [-0.4, -0.2) is 47.8 Å². The average Bonchev–Trinajstić information content (AvgIpc) is 2.48. The van der Waals surface area contributed by atoms with E-state index in [9.17, 15) is 9.59 Å². The Bertz CT molecular complexity index is 594. The molecule has 1 heterocycles. The summed E-state index contributed by atoms with van der Waals surface area (Å²) in [7, 11) is 0. The Morgan fingerprint density at radius 1 is 0.957 bits per heavy atom. The van der Waals surface area contributed by atoms with Crippen LogP contribution in [0.2, 0.25) is 0 Å². The maximum absolute atomic E-state index is 12.6. The molecule has 0 aromatic heterocycles. The minimum atomic E-state index is 0.00343. The number of carbonyl (C=O) groups excluding carboxylic acids is 2. The molecule has 126 valence electrons. The van der Waals surface area contributed by atoms with Gasteiger partial charge in [-0.3, -0.25) is 9.59 Å². The molecule has 0 atom stereocenters. The first kappa shape index (κ1) is 17.5. The third kappa shape index (κ3) is 4.57. The fourth-order valence-electron chi connectivity index (χ4n) is 2.78. The van der Waals surface area contributed by atoms with Crippen LogP contribution in [0.1, 0.15) is 48.7 Å². The van der Waals surface area contributed by atoms with Gasteiger partial charge in [0.05, 0.1) is 0 Å². The van der Waals surface area contributed by atoms with E-state index in [0.717, 1.165) is 11.1 Å². The second-order valence-electron chi connectivity index (χ2n) is 7.71. The lowest BCUT2D eigenvalue weighted by atomic mass is 9.91. The van der Waals surface area contributed by atoms with E-state index in [4.69, 9.17) is 0 Å². The summed E-state index contributed by atoms with van der Waals surface area (Å²) in [5.41, 5.74) is 3.07. The fraction of sp³-hybridized carbons (Fsp3) is 0.579. The van der Waals surface area contributed by atoms with Crippen LogP contribution in [0.25, 0.3) is 0 Å². The highest BCUT2D eigenvalue weighted by Crippen LogP contribution is 2.21. The molecule has 0 unspecified atom stereocenters. The topological polar surface area (TPSA) is 40.6 Å². The lowest BCUT2D eigenvalue weighted by molar-refractivity contribution is -0.134. The van der Waals surface area contributed by atoms with Crippen LogP contribution in [0.5, 0.6) is 0 Å². The zero-order valence-electron chi connectivity index (χ0n) is 15.0. The summed E-state index contributed by atoms with van der Waals surface area (Å²) in [6, 6.07) is 5.84. The zero-order valence-corrected chi connectivity index (χ0v) is 15.0. The molecule has 1 saturated heterocycles. The van der Waals surface area contributed by atoms with E-state index < -0.39 is 0 Å². The Morgan fingerprint density at radius 3 is 2.04 bits per heavy atom. The molecule has 2 rings (SSSR count). The molecule has 0 saturated carbocycles. The van der Waals surface area contributed by atoms with Gasteiger partial charge in [-0.1, -0.05) is 26.8 Å². The number of amides is 2. The predicted octanol–water partition coefficient (Wildman–Crippen LogP) is 3.02. The van der Waals surface area contributed by atoms with Gasteiger partial charge in [0.2, 0.25) is 5.91 Å². The van der Waals surface area contributed by atoms with E-state index in [1.165, 1.54) is 5.56 Å². The molecule has 1 aliphatic rings. The highest BCUT2D eigenvalue weighted by atomic mass is 16.2. The van der Waals surface area contributed by atoms with E-state index >= 15 is 0 Å². The van der Waals surface area contributed by atoms with Crippen molar-refractivity contribution in [3.63, 3.8) is 0 Å². The molecule has 4 heteroatoms. The summed E-state index contributed by atoms with van der Waals surface area (Å²) in [6.07, 6.45) is 0.554. The molecule has 0 aliphatic carbocycles. The predicted molar refractivity (Wildman–Crippen MR) is 92.5 cm³/mol. The van der Waals surface area contributed by atoms with Gasteiger partial charge in [0, 0.05) is 38.2 Å². The van der Waals surface area contributed by atoms with Crippen LogP contribution in [0.3, 0.4) is 0 Å². The first-order chi connectivity index (χ1) is 10.7. The van der Waals surface area contributed by atoms with Crippen molar-refractivity contribution in [2.75, 3.05) is 26.2 Å². The largest absolute Gasteiger partial charge is 0.339 e.